The largest absolute Gasteiger partial charge is 0.386 e. The Balaban J connectivity index is 1.97. The van der Waals surface area contributed by atoms with Crippen molar-refractivity contribution in [3.05, 3.63) is 42.0 Å². The molecule has 1 heterocycles. The van der Waals surface area contributed by atoms with E-state index in [0.29, 0.717) is 11.4 Å². The van der Waals surface area contributed by atoms with E-state index in [-0.39, 0.29) is 5.82 Å². The lowest BCUT2D eigenvalue weighted by Crippen LogP contribution is -2.10. The summed E-state index contributed by atoms with van der Waals surface area (Å²) in [6, 6.07) is 6.34. The van der Waals surface area contributed by atoms with Crippen LogP contribution in [-0.2, 0) is 6.54 Å². The molecule has 1 aromatic carbocycles. The fourth-order valence-corrected chi connectivity index (χ4v) is 2.62. The highest BCUT2D eigenvalue weighted by Crippen LogP contribution is 2.24. The molecule has 1 unspecified atom stereocenters. The topological polar surface area (TPSA) is 50.9 Å². The number of aromatic nitrogens is 3. The number of aliphatic hydroxyl groups is 1. The maximum absolute atomic E-state index is 13.0. The van der Waals surface area contributed by atoms with Gasteiger partial charge in [-0.2, -0.15) is 0 Å². The van der Waals surface area contributed by atoms with Crippen LogP contribution in [0.5, 0.6) is 0 Å². The average molecular weight is 281 g/mol. The lowest BCUT2D eigenvalue weighted by atomic mass is 10.3. The van der Waals surface area contributed by atoms with Crippen molar-refractivity contribution in [3.8, 4) is 0 Å². The molecule has 6 heteroatoms. The van der Waals surface area contributed by atoms with Crippen molar-refractivity contribution in [2.24, 2.45) is 0 Å². The molecule has 0 bridgehead atoms. The summed E-state index contributed by atoms with van der Waals surface area (Å²) < 4.78 is 14.7. The predicted molar refractivity (Wildman–Crippen MR) is 72.4 cm³/mol. The number of hydrogen-bond acceptors (Lipinski definition) is 4. The molecule has 0 spiro atoms. The molecule has 1 aromatic heterocycles. The fraction of sp³-hybridized carbons (Fsp3) is 0.385. The Labute approximate surface area is 115 Å². The van der Waals surface area contributed by atoms with Gasteiger partial charge in [0.2, 0.25) is 0 Å². The molecule has 1 atom stereocenters. The number of thioether (sulfide) groups is 1. The molecule has 19 heavy (non-hydrogen) atoms. The molecule has 2 aromatic rings. The van der Waals surface area contributed by atoms with Crippen LogP contribution in [0, 0.1) is 5.82 Å². The monoisotopic (exact) mass is 281 g/mol. The zero-order valence-corrected chi connectivity index (χ0v) is 11.5. The first-order chi connectivity index (χ1) is 9.20. The van der Waals surface area contributed by atoms with Gasteiger partial charge < -0.3 is 5.11 Å². The molecule has 1 N–H and O–H groups in total. The molecule has 0 saturated heterocycles. The van der Waals surface area contributed by atoms with Gasteiger partial charge in [-0.1, -0.05) is 18.2 Å². The van der Waals surface area contributed by atoms with E-state index in [1.807, 2.05) is 13.0 Å². The zero-order chi connectivity index (χ0) is 13.7. The minimum Gasteiger partial charge on any atom is -0.386 e. The minimum atomic E-state index is -0.658. The van der Waals surface area contributed by atoms with E-state index in [2.05, 4.69) is 10.3 Å². The van der Waals surface area contributed by atoms with Gasteiger partial charge in [-0.3, -0.25) is 0 Å². The average Bonchev–Trinajstić information content (AvgIpc) is 2.85. The Hall–Kier alpha value is -1.40. The van der Waals surface area contributed by atoms with Crippen LogP contribution in [0.2, 0.25) is 0 Å². The second-order valence-corrected chi connectivity index (χ2v) is 5.26. The van der Waals surface area contributed by atoms with Crippen molar-refractivity contribution in [3.63, 3.8) is 0 Å². The lowest BCUT2D eigenvalue weighted by molar-refractivity contribution is 0.191. The zero-order valence-electron chi connectivity index (χ0n) is 10.7. The Morgan fingerprint density at radius 2 is 2.32 bits per heavy atom. The molecule has 4 nitrogen and oxygen atoms in total. The Morgan fingerprint density at radius 3 is 3.05 bits per heavy atom. The van der Waals surface area contributed by atoms with Gasteiger partial charge in [0.25, 0.3) is 0 Å². The van der Waals surface area contributed by atoms with Crippen molar-refractivity contribution in [1.82, 2.24) is 15.0 Å². The summed E-state index contributed by atoms with van der Waals surface area (Å²) in [6.45, 7) is 2.77. The van der Waals surface area contributed by atoms with E-state index in [1.165, 1.54) is 23.9 Å². The Bertz CT molecular complexity index is 532. The first-order valence-corrected chi connectivity index (χ1v) is 7.14. The predicted octanol–water partition coefficient (Wildman–Crippen LogP) is 2.65. The second-order valence-electron chi connectivity index (χ2n) is 4.17. The molecule has 0 aliphatic carbocycles. The molecule has 0 amide bonds. The van der Waals surface area contributed by atoms with Crippen molar-refractivity contribution >= 4 is 11.8 Å². The first-order valence-electron chi connectivity index (χ1n) is 6.15. The quantitative estimate of drug-likeness (QED) is 0.827. The van der Waals surface area contributed by atoms with Crippen LogP contribution in [0.25, 0.3) is 0 Å². The standard InChI is InChI=1S/C13H16FN3OS/c1-2-6-17-12(8-15-16-17)13(18)9-19-11-5-3-4-10(14)7-11/h3-5,7-8,13,18H,2,6,9H2,1H3. The summed E-state index contributed by atoms with van der Waals surface area (Å²) in [5.74, 6) is 0.178. The number of rotatable bonds is 6. The highest BCUT2D eigenvalue weighted by atomic mass is 32.2. The van der Waals surface area contributed by atoms with Crippen molar-refractivity contribution in [2.45, 2.75) is 30.9 Å². The summed E-state index contributed by atoms with van der Waals surface area (Å²) in [5, 5.41) is 17.9. The SMILES string of the molecule is CCCn1nncc1C(O)CSc1cccc(F)c1. The van der Waals surface area contributed by atoms with Crippen molar-refractivity contribution in [1.29, 1.82) is 0 Å². The third kappa shape index (κ3) is 3.78. The maximum Gasteiger partial charge on any atom is 0.124 e. The van der Waals surface area contributed by atoms with E-state index >= 15 is 0 Å². The highest BCUT2D eigenvalue weighted by Gasteiger charge is 2.14. The molecular weight excluding hydrogens is 265 g/mol. The van der Waals surface area contributed by atoms with Crippen LogP contribution in [0.4, 0.5) is 4.39 Å². The smallest absolute Gasteiger partial charge is 0.124 e. The fourth-order valence-electron chi connectivity index (χ4n) is 1.73. The number of benzene rings is 1. The molecule has 0 fully saturated rings. The molecule has 0 aliphatic heterocycles. The molecule has 0 aliphatic rings. The third-order valence-corrected chi connectivity index (χ3v) is 3.70. The summed E-state index contributed by atoms with van der Waals surface area (Å²) in [7, 11) is 0. The van der Waals surface area contributed by atoms with Crippen LogP contribution >= 0.6 is 11.8 Å². The van der Waals surface area contributed by atoms with Crippen LogP contribution in [0.1, 0.15) is 25.1 Å². The van der Waals surface area contributed by atoms with E-state index < -0.39 is 6.10 Å². The summed E-state index contributed by atoms with van der Waals surface area (Å²) >= 11 is 1.41. The minimum absolute atomic E-state index is 0.266. The number of aryl methyl sites for hydroxylation is 1. The molecule has 0 radical (unpaired) electrons. The number of hydrogen-bond donors (Lipinski definition) is 1. The van der Waals surface area contributed by atoms with E-state index in [0.717, 1.165) is 17.9 Å². The van der Waals surface area contributed by atoms with Crippen LogP contribution < -0.4 is 0 Å². The highest BCUT2D eigenvalue weighted by molar-refractivity contribution is 7.99. The van der Waals surface area contributed by atoms with E-state index in [1.54, 1.807) is 16.9 Å². The lowest BCUT2D eigenvalue weighted by Gasteiger charge is -2.11. The second kappa shape index (κ2) is 6.68. The third-order valence-electron chi connectivity index (χ3n) is 2.63. The van der Waals surface area contributed by atoms with Gasteiger partial charge in [-0.15, -0.1) is 16.9 Å². The Kier molecular flexibility index (Phi) is 4.93. The molecule has 102 valence electrons. The van der Waals surface area contributed by atoms with Gasteiger partial charge in [0.15, 0.2) is 0 Å². The Morgan fingerprint density at radius 1 is 1.47 bits per heavy atom. The van der Waals surface area contributed by atoms with Gasteiger partial charge in [-0.05, 0) is 24.6 Å². The van der Waals surface area contributed by atoms with Gasteiger partial charge in [-0.25, -0.2) is 9.07 Å². The summed E-state index contributed by atoms with van der Waals surface area (Å²) in [6.07, 6.45) is 1.85. The molecular formula is C13H16FN3OS. The van der Waals surface area contributed by atoms with Gasteiger partial charge >= 0.3 is 0 Å². The molecule has 0 saturated carbocycles. The molecule has 2 rings (SSSR count). The van der Waals surface area contributed by atoms with Crippen LogP contribution in [0.15, 0.2) is 35.4 Å². The van der Waals surface area contributed by atoms with Gasteiger partial charge in [0.1, 0.15) is 11.9 Å². The van der Waals surface area contributed by atoms with Crippen molar-refractivity contribution < 1.29 is 9.50 Å². The van der Waals surface area contributed by atoms with Crippen molar-refractivity contribution in [2.75, 3.05) is 5.75 Å². The summed E-state index contributed by atoms with van der Waals surface area (Å²) in [5.41, 5.74) is 0.700. The van der Waals surface area contributed by atoms with E-state index in [4.69, 9.17) is 0 Å². The normalized spacial score (nSPS) is 12.6. The van der Waals surface area contributed by atoms with Gasteiger partial charge in [0.05, 0.1) is 11.9 Å². The van der Waals surface area contributed by atoms with Gasteiger partial charge in [0, 0.05) is 17.2 Å². The number of nitrogens with zero attached hydrogens (tertiary/aromatic N) is 3. The summed E-state index contributed by atoms with van der Waals surface area (Å²) in [4.78, 5) is 0.800. The maximum atomic E-state index is 13.0. The van der Waals surface area contributed by atoms with Crippen LogP contribution in [-0.4, -0.2) is 25.9 Å². The number of halogens is 1. The first kappa shape index (κ1) is 14.0. The number of aliphatic hydroxyl groups excluding tert-OH is 1. The van der Waals surface area contributed by atoms with E-state index in [9.17, 15) is 9.50 Å². The van der Waals surface area contributed by atoms with Crippen LogP contribution in [0.3, 0.4) is 0 Å².